The van der Waals surface area contributed by atoms with E-state index in [4.69, 9.17) is 10.8 Å². The smallest absolute Gasteiger partial charge is 0.323 e. The molecule has 0 aliphatic rings. The first kappa shape index (κ1) is 15.6. The molecule has 0 spiro atoms. The van der Waals surface area contributed by atoms with Crippen LogP contribution in [0, 0.1) is 0 Å². The number of rotatable bonds is 5. The fourth-order valence-corrected chi connectivity index (χ4v) is 3.39. The van der Waals surface area contributed by atoms with Crippen molar-refractivity contribution in [3.63, 3.8) is 0 Å². The van der Waals surface area contributed by atoms with Crippen molar-refractivity contribution in [2.45, 2.75) is 15.0 Å². The predicted octanol–water partition coefficient (Wildman–Crippen LogP) is -0.724. The van der Waals surface area contributed by atoms with Crippen molar-refractivity contribution in [3.8, 4) is 0 Å². The van der Waals surface area contributed by atoms with Crippen LogP contribution < -0.4 is 5.73 Å². The molecule has 0 aliphatic carbocycles. The van der Waals surface area contributed by atoms with Crippen LogP contribution in [0.3, 0.4) is 0 Å². The van der Waals surface area contributed by atoms with Gasteiger partial charge >= 0.3 is 5.97 Å². The van der Waals surface area contributed by atoms with Gasteiger partial charge in [-0.25, -0.2) is 16.8 Å². The second kappa shape index (κ2) is 5.27. The number of aliphatic carboxylic acids is 1. The zero-order valence-corrected chi connectivity index (χ0v) is 11.6. The van der Waals surface area contributed by atoms with Gasteiger partial charge in [0.25, 0.3) is 0 Å². The summed E-state index contributed by atoms with van der Waals surface area (Å²) in [5, 5.41) is 7.05. The molecule has 0 saturated carbocycles. The lowest BCUT2D eigenvalue weighted by Crippen LogP contribution is -2.37. The number of sulfone groups is 2. The molecule has 1 aromatic carbocycles. The number of hydrogen-bond acceptors (Lipinski definition) is 6. The SMILES string of the molecule is CS(=O)(=O)c1ccc(S(=O)(=O)C(CN)C(=O)O)cc1. The fraction of sp³-hybridized carbons (Fsp3) is 0.300. The molecule has 1 rings (SSSR count). The van der Waals surface area contributed by atoms with Crippen LogP contribution >= 0.6 is 0 Å². The summed E-state index contributed by atoms with van der Waals surface area (Å²) in [5.74, 6) is -1.55. The molecule has 1 atom stereocenters. The summed E-state index contributed by atoms with van der Waals surface area (Å²) in [4.78, 5) is 10.5. The quantitative estimate of drug-likeness (QED) is 0.733. The third-order valence-corrected chi connectivity index (χ3v) is 5.65. The number of hydrogen-bond donors (Lipinski definition) is 2. The summed E-state index contributed by atoms with van der Waals surface area (Å²) in [6.45, 7) is -0.564. The van der Waals surface area contributed by atoms with E-state index in [9.17, 15) is 21.6 Å². The van der Waals surface area contributed by atoms with Crippen molar-refractivity contribution in [3.05, 3.63) is 24.3 Å². The van der Waals surface area contributed by atoms with Crippen LogP contribution in [-0.2, 0) is 24.5 Å². The first-order valence-corrected chi connectivity index (χ1v) is 8.51. The topological polar surface area (TPSA) is 132 Å². The van der Waals surface area contributed by atoms with Crippen LogP contribution in [-0.4, -0.2) is 46.0 Å². The zero-order chi connectivity index (χ0) is 14.8. The van der Waals surface area contributed by atoms with Gasteiger partial charge in [-0.05, 0) is 24.3 Å². The largest absolute Gasteiger partial charge is 0.480 e. The molecule has 7 nitrogen and oxygen atoms in total. The molecule has 19 heavy (non-hydrogen) atoms. The second-order valence-electron chi connectivity index (χ2n) is 3.85. The molecule has 1 aromatic rings. The number of benzene rings is 1. The second-order valence-corrected chi connectivity index (χ2v) is 8.00. The molecule has 0 fully saturated rings. The Bertz CT molecular complexity index is 675. The lowest BCUT2D eigenvalue weighted by atomic mass is 10.4. The number of carboxylic acid groups (broad SMARTS) is 1. The molecule has 0 aromatic heterocycles. The Balaban J connectivity index is 3.28. The summed E-state index contributed by atoms with van der Waals surface area (Å²) < 4.78 is 46.4. The molecule has 106 valence electrons. The number of carbonyl (C=O) groups is 1. The Morgan fingerprint density at radius 2 is 1.58 bits per heavy atom. The highest BCUT2D eigenvalue weighted by Crippen LogP contribution is 2.18. The lowest BCUT2D eigenvalue weighted by molar-refractivity contribution is -0.136. The van der Waals surface area contributed by atoms with Crippen LogP contribution in [0.1, 0.15) is 0 Å². The first-order chi connectivity index (χ1) is 8.60. The maximum Gasteiger partial charge on any atom is 0.323 e. The molecular formula is C10H13NO6S2. The van der Waals surface area contributed by atoms with Crippen molar-refractivity contribution in [1.82, 2.24) is 0 Å². The van der Waals surface area contributed by atoms with Crippen LogP contribution in [0.5, 0.6) is 0 Å². The van der Waals surface area contributed by atoms with Crippen molar-refractivity contribution >= 4 is 25.6 Å². The van der Waals surface area contributed by atoms with E-state index in [2.05, 4.69) is 0 Å². The number of nitrogens with two attached hydrogens (primary N) is 1. The van der Waals surface area contributed by atoms with E-state index in [1.54, 1.807) is 0 Å². The van der Waals surface area contributed by atoms with Gasteiger partial charge in [0.15, 0.2) is 24.9 Å². The minimum absolute atomic E-state index is 0.0499. The van der Waals surface area contributed by atoms with Gasteiger partial charge in [0, 0.05) is 12.8 Å². The van der Waals surface area contributed by atoms with E-state index >= 15 is 0 Å². The van der Waals surface area contributed by atoms with Gasteiger partial charge in [0.05, 0.1) is 9.79 Å². The summed E-state index contributed by atoms with van der Waals surface area (Å²) in [6, 6.07) is 4.32. The molecule has 1 unspecified atom stereocenters. The van der Waals surface area contributed by atoms with Crippen LogP contribution in [0.15, 0.2) is 34.1 Å². The third kappa shape index (κ3) is 3.31. The normalized spacial score (nSPS) is 14.0. The Morgan fingerprint density at radius 1 is 1.16 bits per heavy atom. The van der Waals surface area contributed by atoms with Crippen molar-refractivity contribution in [2.24, 2.45) is 5.73 Å². The van der Waals surface area contributed by atoms with Gasteiger partial charge in [-0.3, -0.25) is 4.79 Å². The highest BCUT2D eigenvalue weighted by molar-refractivity contribution is 7.93. The van der Waals surface area contributed by atoms with Gasteiger partial charge in [-0.2, -0.15) is 0 Å². The molecule has 0 saturated heterocycles. The molecule has 0 aliphatic heterocycles. The van der Waals surface area contributed by atoms with Gasteiger partial charge in [0.1, 0.15) is 0 Å². The van der Waals surface area contributed by atoms with E-state index in [1.165, 1.54) is 0 Å². The Kier molecular flexibility index (Phi) is 4.33. The van der Waals surface area contributed by atoms with Crippen LogP contribution in [0.25, 0.3) is 0 Å². The maximum absolute atomic E-state index is 12.0. The van der Waals surface area contributed by atoms with Crippen molar-refractivity contribution in [2.75, 3.05) is 12.8 Å². The minimum Gasteiger partial charge on any atom is -0.480 e. The van der Waals surface area contributed by atoms with Crippen molar-refractivity contribution in [1.29, 1.82) is 0 Å². The molecule has 0 bridgehead atoms. The maximum atomic E-state index is 12.0. The van der Waals surface area contributed by atoms with Crippen molar-refractivity contribution < 1.29 is 26.7 Å². The fourth-order valence-electron chi connectivity index (χ4n) is 1.40. The molecular weight excluding hydrogens is 294 g/mol. The Hall–Kier alpha value is -1.45. The van der Waals surface area contributed by atoms with E-state index in [-0.39, 0.29) is 9.79 Å². The van der Waals surface area contributed by atoms with Gasteiger partial charge in [0.2, 0.25) is 0 Å². The molecule has 0 radical (unpaired) electrons. The first-order valence-electron chi connectivity index (χ1n) is 5.07. The summed E-state index contributed by atoms with van der Waals surface area (Å²) in [7, 11) is -7.58. The summed E-state index contributed by atoms with van der Waals surface area (Å²) >= 11 is 0. The average Bonchev–Trinajstić information content (AvgIpc) is 2.28. The minimum atomic E-state index is -4.13. The van der Waals surface area contributed by atoms with Crippen LogP contribution in [0.4, 0.5) is 0 Å². The van der Waals surface area contributed by atoms with E-state index in [0.717, 1.165) is 30.5 Å². The Morgan fingerprint density at radius 3 is 1.89 bits per heavy atom. The predicted molar refractivity (Wildman–Crippen MR) is 67.2 cm³/mol. The van der Waals surface area contributed by atoms with Gasteiger partial charge < -0.3 is 10.8 Å². The Labute approximate surface area is 110 Å². The van der Waals surface area contributed by atoms with Gasteiger partial charge in [-0.15, -0.1) is 0 Å². The number of carboxylic acids is 1. The van der Waals surface area contributed by atoms with Crippen LogP contribution in [0.2, 0.25) is 0 Å². The molecule has 0 heterocycles. The highest BCUT2D eigenvalue weighted by Gasteiger charge is 2.32. The van der Waals surface area contributed by atoms with E-state index < -0.39 is 37.4 Å². The van der Waals surface area contributed by atoms with E-state index in [0.29, 0.717) is 0 Å². The zero-order valence-electron chi connectivity index (χ0n) is 9.98. The highest BCUT2D eigenvalue weighted by atomic mass is 32.2. The standard InChI is InChI=1S/C10H13NO6S2/c1-18(14,15)7-2-4-8(5-3-7)19(16,17)9(6-11)10(12)13/h2-5,9H,6,11H2,1H3,(H,12,13). The summed E-state index contributed by atoms with van der Waals surface area (Å²) in [6.07, 6.45) is 0.983. The monoisotopic (exact) mass is 307 g/mol. The molecule has 3 N–H and O–H groups in total. The summed E-state index contributed by atoms with van der Waals surface area (Å²) in [5.41, 5.74) is 5.14. The van der Waals surface area contributed by atoms with E-state index in [1.807, 2.05) is 0 Å². The lowest BCUT2D eigenvalue weighted by Gasteiger charge is -2.11. The third-order valence-electron chi connectivity index (χ3n) is 2.44. The average molecular weight is 307 g/mol. The molecule has 0 amide bonds. The molecule has 9 heteroatoms. The van der Waals surface area contributed by atoms with Gasteiger partial charge in [-0.1, -0.05) is 0 Å².